The van der Waals surface area contributed by atoms with Crippen molar-refractivity contribution in [2.24, 2.45) is 5.92 Å². The second kappa shape index (κ2) is 8.60. The molecule has 0 radical (unpaired) electrons. The van der Waals surface area contributed by atoms with E-state index in [-0.39, 0.29) is 30.6 Å². The van der Waals surface area contributed by atoms with Gasteiger partial charge in [0.05, 0.1) is 12.5 Å². The Labute approximate surface area is 144 Å². The van der Waals surface area contributed by atoms with E-state index in [1.807, 2.05) is 6.07 Å². The number of carbonyl (C=O) groups excluding carboxylic acids is 1. The molecular formula is C19H28N2O3. The van der Waals surface area contributed by atoms with Crippen molar-refractivity contribution in [3.63, 3.8) is 0 Å². The number of aliphatic hydroxyl groups is 1. The van der Waals surface area contributed by atoms with E-state index < -0.39 is 0 Å². The third-order valence-corrected chi connectivity index (χ3v) is 5.11. The Bertz CT molecular complexity index is 517. The van der Waals surface area contributed by atoms with E-state index in [1.54, 1.807) is 0 Å². The fraction of sp³-hybridized carbons (Fsp3) is 0.632. The number of amides is 1. The van der Waals surface area contributed by atoms with Gasteiger partial charge < -0.3 is 15.2 Å². The maximum atomic E-state index is 12.3. The van der Waals surface area contributed by atoms with Gasteiger partial charge in [0.2, 0.25) is 5.91 Å². The molecule has 1 aromatic rings. The van der Waals surface area contributed by atoms with Crippen LogP contribution in [-0.4, -0.2) is 54.4 Å². The second-order valence-corrected chi connectivity index (χ2v) is 6.97. The number of ether oxygens (including phenoxy) is 1. The molecule has 2 saturated heterocycles. The molecule has 3 rings (SSSR count). The summed E-state index contributed by atoms with van der Waals surface area (Å²) in [6.45, 7) is 3.53. The van der Waals surface area contributed by atoms with Crippen molar-refractivity contribution in [1.82, 2.24) is 10.2 Å². The quantitative estimate of drug-likeness (QED) is 0.830. The molecule has 1 aromatic carbocycles. The van der Waals surface area contributed by atoms with Crippen LogP contribution in [0.5, 0.6) is 0 Å². The Kier molecular flexibility index (Phi) is 6.24. The molecule has 2 heterocycles. The van der Waals surface area contributed by atoms with Crippen molar-refractivity contribution in [3.8, 4) is 0 Å². The zero-order valence-electron chi connectivity index (χ0n) is 14.2. The summed E-state index contributed by atoms with van der Waals surface area (Å²) in [6.07, 6.45) is 3.44. The standard InChI is InChI=1S/C19H28N2O3/c22-14-16-8-9-21(12-15-5-2-1-3-6-15)13-18(16)20-19(23)11-17-7-4-10-24-17/h1-3,5-6,16-18,22H,4,7-14H2,(H,20,23). The molecule has 2 aliphatic heterocycles. The molecule has 132 valence electrons. The van der Waals surface area contributed by atoms with Gasteiger partial charge >= 0.3 is 0 Å². The highest BCUT2D eigenvalue weighted by molar-refractivity contribution is 5.76. The third-order valence-electron chi connectivity index (χ3n) is 5.11. The molecule has 0 spiro atoms. The van der Waals surface area contributed by atoms with E-state index in [0.29, 0.717) is 6.42 Å². The summed E-state index contributed by atoms with van der Waals surface area (Å²) < 4.78 is 5.55. The number of likely N-dealkylation sites (tertiary alicyclic amines) is 1. The van der Waals surface area contributed by atoms with Crippen LogP contribution in [0.25, 0.3) is 0 Å². The average Bonchev–Trinajstić information content (AvgIpc) is 3.09. The van der Waals surface area contributed by atoms with Crippen LogP contribution in [0.3, 0.4) is 0 Å². The first-order valence-electron chi connectivity index (χ1n) is 9.02. The topological polar surface area (TPSA) is 61.8 Å². The molecule has 0 saturated carbocycles. The van der Waals surface area contributed by atoms with E-state index >= 15 is 0 Å². The molecular weight excluding hydrogens is 304 g/mol. The fourth-order valence-corrected chi connectivity index (χ4v) is 3.71. The molecule has 5 heteroatoms. The summed E-state index contributed by atoms with van der Waals surface area (Å²) in [5, 5.41) is 12.8. The van der Waals surface area contributed by atoms with Crippen LogP contribution in [0.2, 0.25) is 0 Å². The maximum absolute atomic E-state index is 12.3. The molecule has 3 unspecified atom stereocenters. The minimum absolute atomic E-state index is 0.0152. The van der Waals surface area contributed by atoms with Crippen LogP contribution in [0, 0.1) is 5.92 Å². The summed E-state index contributed by atoms with van der Waals surface area (Å²) in [6, 6.07) is 10.4. The number of nitrogens with zero attached hydrogens (tertiary/aromatic N) is 1. The second-order valence-electron chi connectivity index (χ2n) is 6.97. The van der Waals surface area contributed by atoms with Gasteiger partial charge in [-0.1, -0.05) is 30.3 Å². The van der Waals surface area contributed by atoms with Gasteiger partial charge in [-0.3, -0.25) is 9.69 Å². The number of aliphatic hydroxyl groups excluding tert-OH is 1. The summed E-state index contributed by atoms with van der Waals surface area (Å²) >= 11 is 0. The molecule has 2 N–H and O–H groups in total. The third kappa shape index (κ3) is 4.79. The van der Waals surface area contributed by atoms with Crippen LogP contribution >= 0.6 is 0 Å². The first kappa shape index (κ1) is 17.4. The lowest BCUT2D eigenvalue weighted by molar-refractivity contribution is -0.125. The van der Waals surface area contributed by atoms with Gasteiger partial charge in [-0.15, -0.1) is 0 Å². The number of nitrogens with one attached hydrogen (secondary N) is 1. The number of carbonyl (C=O) groups is 1. The van der Waals surface area contributed by atoms with Gasteiger partial charge in [0, 0.05) is 38.3 Å². The van der Waals surface area contributed by atoms with E-state index in [4.69, 9.17) is 4.74 Å². The van der Waals surface area contributed by atoms with E-state index in [1.165, 1.54) is 5.56 Å². The van der Waals surface area contributed by atoms with Crippen molar-refractivity contribution in [2.75, 3.05) is 26.3 Å². The number of hydrogen-bond donors (Lipinski definition) is 2. The van der Waals surface area contributed by atoms with Gasteiger partial charge in [0.25, 0.3) is 0 Å². The molecule has 24 heavy (non-hydrogen) atoms. The first-order chi connectivity index (χ1) is 11.7. The zero-order chi connectivity index (χ0) is 16.8. The summed E-state index contributed by atoms with van der Waals surface area (Å²) in [5.41, 5.74) is 1.28. The highest BCUT2D eigenvalue weighted by Crippen LogP contribution is 2.20. The van der Waals surface area contributed by atoms with E-state index in [9.17, 15) is 9.90 Å². The SMILES string of the molecule is O=C(CC1CCCO1)NC1CN(Cc2ccccc2)CCC1CO. The predicted octanol–water partition coefficient (Wildman–Crippen LogP) is 1.55. The zero-order valence-corrected chi connectivity index (χ0v) is 14.2. The van der Waals surface area contributed by atoms with Gasteiger partial charge in [0.15, 0.2) is 0 Å². The Hall–Kier alpha value is -1.43. The minimum Gasteiger partial charge on any atom is -0.396 e. The lowest BCUT2D eigenvalue weighted by atomic mass is 9.91. The average molecular weight is 332 g/mol. The van der Waals surface area contributed by atoms with Gasteiger partial charge in [-0.25, -0.2) is 0 Å². The summed E-state index contributed by atoms with van der Waals surface area (Å²) in [7, 11) is 0. The summed E-state index contributed by atoms with van der Waals surface area (Å²) in [4.78, 5) is 14.7. The largest absolute Gasteiger partial charge is 0.396 e. The highest BCUT2D eigenvalue weighted by atomic mass is 16.5. The fourth-order valence-electron chi connectivity index (χ4n) is 3.71. The lowest BCUT2D eigenvalue weighted by Gasteiger charge is -2.38. The molecule has 0 aromatic heterocycles. The lowest BCUT2D eigenvalue weighted by Crippen LogP contribution is -2.53. The van der Waals surface area contributed by atoms with Crippen molar-refractivity contribution in [3.05, 3.63) is 35.9 Å². The van der Waals surface area contributed by atoms with Crippen molar-refractivity contribution in [1.29, 1.82) is 0 Å². The van der Waals surface area contributed by atoms with Crippen LogP contribution in [0.4, 0.5) is 0 Å². The number of hydrogen-bond acceptors (Lipinski definition) is 4. The molecule has 1 amide bonds. The Morgan fingerprint density at radius 2 is 2.12 bits per heavy atom. The first-order valence-corrected chi connectivity index (χ1v) is 9.02. The molecule has 5 nitrogen and oxygen atoms in total. The molecule has 0 bridgehead atoms. The summed E-state index contributed by atoms with van der Waals surface area (Å²) in [5.74, 6) is 0.192. The van der Waals surface area contributed by atoms with Gasteiger partial charge in [-0.05, 0) is 31.4 Å². The Morgan fingerprint density at radius 3 is 2.83 bits per heavy atom. The molecule has 2 aliphatic rings. The van der Waals surface area contributed by atoms with E-state index in [0.717, 1.165) is 45.5 Å². The van der Waals surface area contributed by atoms with Gasteiger partial charge in [-0.2, -0.15) is 0 Å². The predicted molar refractivity (Wildman–Crippen MR) is 92.4 cm³/mol. The van der Waals surface area contributed by atoms with Crippen molar-refractivity contribution >= 4 is 5.91 Å². The molecule has 0 aliphatic carbocycles. The Morgan fingerprint density at radius 1 is 1.29 bits per heavy atom. The highest BCUT2D eigenvalue weighted by Gasteiger charge is 2.30. The van der Waals surface area contributed by atoms with Crippen molar-refractivity contribution in [2.45, 2.75) is 44.4 Å². The van der Waals surface area contributed by atoms with Crippen LogP contribution in [0.1, 0.15) is 31.2 Å². The normalized spacial score (nSPS) is 28.0. The Balaban J connectivity index is 1.53. The van der Waals surface area contributed by atoms with Crippen molar-refractivity contribution < 1.29 is 14.6 Å². The number of piperidine rings is 1. The molecule has 2 fully saturated rings. The van der Waals surface area contributed by atoms with Crippen LogP contribution < -0.4 is 5.32 Å². The number of benzene rings is 1. The van der Waals surface area contributed by atoms with Gasteiger partial charge in [0.1, 0.15) is 0 Å². The monoisotopic (exact) mass is 332 g/mol. The molecule has 3 atom stereocenters. The number of rotatable bonds is 6. The van der Waals surface area contributed by atoms with Crippen LogP contribution in [-0.2, 0) is 16.1 Å². The minimum atomic E-state index is 0.0152. The smallest absolute Gasteiger partial charge is 0.222 e. The van der Waals surface area contributed by atoms with E-state index in [2.05, 4.69) is 34.5 Å². The maximum Gasteiger partial charge on any atom is 0.222 e. The van der Waals surface area contributed by atoms with Crippen LogP contribution in [0.15, 0.2) is 30.3 Å².